The molecule has 0 spiro atoms. The summed E-state index contributed by atoms with van der Waals surface area (Å²) in [6.07, 6.45) is 4.21. The molecule has 2 aromatic rings. The number of nitrogens with one attached hydrogen (secondary N) is 2. The molecule has 0 saturated carbocycles. The van der Waals surface area contributed by atoms with Gasteiger partial charge in [-0.1, -0.05) is 0 Å². The molecule has 0 aliphatic rings. The zero-order valence-corrected chi connectivity index (χ0v) is 14.5. The van der Waals surface area contributed by atoms with Gasteiger partial charge in [0.25, 0.3) is 5.91 Å². The molecule has 0 saturated heterocycles. The number of aromatic nitrogens is 2. The van der Waals surface area contributed by atoms with Gasteiger partial charge < -0.3 is 10.6 Å². The fourth-order valence-corrected chi connectivity index (χ4v) is 2.87. The first-order chi connectivity index (χ1) is 11.4. The summed E-state index contributed by atoms with van der Waals surface area (Å²) in [5.74, 6) is -0.471. The molecule has 2 rings (SSSR count). The van der Waals surface area contributed by atoms with Crippen LogP contribution in [0.1, 0.15) is 17.4 Å². The fraction of sp³-hybridized carbons (Fsp3) is 0.267. The molecule has 0 atom stereocenters. The maximum Gasteiger partial charge on any atom is 0.275 e. The van der Waals surface area contributed by atoms with Gasteiger partial charge in [-0.05, 0) is 25.1 Å². The Kier molecular flexibility index (Phi) is 5.47. The Morgan fingerprint density at radius 3 is 2.54 bits per heavy atom. The van der Waals surface area contributed by atoms with E-state index in [1.165, 1.54) is 44.8 Å². The number of anilines is 2. The van der Waals surface area contributed by atoms with Gasteiger partial charge in [-0.2, -0.15) is 0 Å². The number of carbonyl (C=O) groups is 1. The highest BCUT2D eigenvalue weighted by molar-refractivity contribution is 7.89. The summed E-state index contributed by atoms with van der Waals surface area (Å²) >= 11 is 0. The van der Waals surface area contributed by atoms with Crippen molar-refractivity contribution in [3.05, 3.63) is 42.5 Å². The smallest absolute Gasteiger partial charge is 0.275 e. The van der Waals surface area contributed by atoms with Gasteiger partial charge in [-0.3, -0.25) is 9.78 Å². The molecule has 2 N–H and O–H groups in total. The van der Waals surface area contributed by atoms with Crippen molar-refractivity contribution in [1.29, 1.82) is 0 Å². The lowest BCUT2D eigenvalue weighted by molar-refractivity contribution is 0.102. The molecule has 9 heteroatoms. The van der Waals surface area contributed by atoms with Gasteiger partial charge in [-0.15, -0.1) is 0 Å². The molecular formula is C15H19N5O3S. The molecule has 0 aliphatic carbocycles. The first-order valence-corrected chi connectivity index (χ1v) is 8.68. The van der Waals surface area contributed by atoms with E-state index in [0.717, 1.165) is 4.31 Å². The van der Waals surface area contributed by atoms with Crippen LogP contribution >= 0.6 is 0 Å². The van der Waals surface area contributed by atoms with E-state index in [4.69, 9.17) is 0 Å². The van der Waals surface area contributed by atoms with E-state index in [1.54, 1.807) is 6.07 Å². The number of hydrogen-bond donors (Lipinski definition) is 2. The van der Waals surface area contributed by atoms with Crippen molar-refractivity contribution in [3.8, 4) is 0 Å². The van der Waals surface area contributed by atoms with Crippen LogP contribution in [0.2, 0.25) is 0 Å². The molecule has 1 aromatic heterocycles. The summed E-state index contributed by atoms with van der Waals surface area (Å²) in [5.41, 5.74) is 1.11. The minimum Gasteiger partial charge on any atom is -0.384 e. The Morgan fingerprint density at radius 1 is 1.21 bits per heavy atom. The molecule has 0 fully saturated rings. The number of hydrogen-bond acceptors (Lipinski definition) is 6. The van der Waals surface area contributed by atoms with Crippen LogP contribution in [0.25, 0.3) is 0 Å². The van der Waals surface area contributed by atoms with Crippen LogP contribution in [0.4, 0.5) is 11.4 Å². The first-order valence-electron chi connectivity index (χ1n) is 7.24. The van der Waals surface area contributed by atoms with Gasteiger partial charge in [0.15, 0.2) is 0 Å². The van der Waals surface area contributed by atoms with E-state index in [1.807, 2.05) is 6.92 Å². The molecule has 0 radical (unpaired) electrons. The monoisotopic (exact) mass is 349 g/mol. The summed E-state index contributed by atoms with van der Waals surface area (Å²) in [7, 11) is -0.706. The van der Waals surface area contributed by atoms with Crippen LogP contribution in [0.15, 0.2) is 41.7 Å². The number of sulfonamides is 1. The van der Waals surface area contributed by atoms with Crippen LogP contribution in [0.3, 0.4) is 0 Å². The van der Waals surface area contributed by atoms with E-state index in [0.29, 0.717) is 17.9 Å². The van der Waals surface area contributed by atoms with Crippen molar-refractivity contribution >= 4 is 27.3 Å². The summed E-state index contributed by atoms with van der Waals surface area (Å²) in [6, 6.07) is 4.53. The number of carbonyl (C=O) groups excluding carboxylic acids is 1. The Labute approximate surface area is 141 Å². The molecule has 1 amide bonds. The number of rotatable bonds is 6. The number of amides is 1. The van der Waals surface area contributed by atoms with E-state index >= 15 is 0 Å². The van der Waals surface area contributed by atoms with Crippen molar-refractivity contribution in [1.82, 2.24) is 14.3 Å². The molecule has 1 heterocycles. The average molecular weight is 349 g/mol. The first kappa shape index (κ1) is 17.8. The Morgan fingerprint density at radius 2 is 1.96 bits per heavy atom. The maximum atomic E-state index is 12.3. The molecule has 128 valence electrons. The fourth-order valence-electron chi connectivity index (χ4n) is 1.95. The highest BCUT2D eigenvalue weighted by Gasteiger charge is 2.20. The highest BCUT2D eigenvalue weighted by atomic mass is 32.2. The Hall–Kier alpha value is -2.52. The summed E-state index contributed by atoms with van der Waals surface area (Å²) in [4.78, 5) is 20.1. The topological polar surface area (TPSA) is 104 Å². The SMILES string of the molecule is CCNc1ccc(S(=O)(=O)N(C)C)cc1NC(=O)c1cnccn1. The standard InChI is InChI=1S/C15H19N5O3S/c1-4-17-12-6-5-11(24(22,23)20(2)3)9-13(12)19-15(21)14-10-16-7-8-18-14/h5-10,17H,4H2,1-3H3,(H,19,21). The molecule has 0 unspecified atom stereocenters. The van der Waals surface area contributed by atoms with Gasteiger partial charge >= 0.3 is 0 Å². The van der Waals surface area contributed by atoms with Crippen LogP contribution in [0, 0.1) is 0 Å². The molecule has 1 aromatic carbocycles. The van der Waals surface area contributed by atoms with Gasteiger partial charge in [0.05, 0.1) is 22.5 Å². The minimum atomic E-state index is -3.61. The minimum absolute atomic E-state index is 0.0867. The summed E-state index contributed by atoms with van der Waals surface area (Å²) < 4.78 is 25.7. The van der Waals surface area contributed by atoms with Gasteiger partial charge in [-0.25, -0.2) is 17.7 Å². The molecular weight excluding hydrogens is 330 g/mol. The average Bonchev–Trinajstić information content (AvgIpc) is 2.57. The van der Waals surface area contributed by atoms with E-state index in [9.17, 15) is 13.2 Å². The normalized spacial score (nSPS) is 11.3. The quantitative estimate of drug-likeness (QED) is 0.817. The zero-order chi connectivity index (χ0) is 17.7. The Balaban J connectivity index is 2.40. The van der Waals surface area contributed by atoms with E-state index in [-0.39, 0.29) is 10.6 Å². The second kappa shape index (κ2) is 7.37. The highest BCUT2D eigenvalue weighted by Crippen LogP contribution is 2.27. The van der Waals surface area contributed by atoms with Crippen molar-refractivity contribution in [2.45, 2.75) is 11.8 Å². The van der Waals surface area contributed by atoms with Gasteiger partial charge in [0, 0.05) is 33.0 Å². The third kappa shape index (κ3) is 3.87. The van der Waals surface area contributed by atoms with Crippen LogP contribution in [0.5, 0.6) is 0 Å². The van der Waals surface area contributed by atoms with Crippen molar-refractivity contribution in [2.24, 2.45) is 0 Å². The van der Waals surface area contributed by atoms with Crippen molar-refractivity contribution in [3.63, 3.8) is 0 Å². The van der Waals surface area contributed by atoms with Gasteiger partial charge in [0.2, 0.25) is 10.0 Å². The lowest BCUT2D eigenvalue weighted by Crippen LogP contribution is -2.23. The van der Waals surface area contributed by atoms with Crippen molar-refractivity contribution in [2.75, 3.05) is 31.3 Å². The molecule has 8 nitrogen and oxygen atoms in total. The Bertz CT molecular complexity index is 822. The van der Waals surface area contributed by atoms with Crippen LogP contribution in [-0.4, -0.2) is 49.2 Å². The van der Waals surface area contributed by atoms with Crippen LogP contribution < -0.4 is 10.6 Å². The zero-order valence-electron chi connectivity index (χ0n) is 13.6. The lowest BCUT2D eigenvalue weighted by Gasteiger charge is -2.16. The predicted molar refractivity (Wildman–Crippen MR) is 91.5 cm³/mol. The third-order valence-corrected chi connectivity index (χ3v) is 4.99. The second-order valence-corrected chi connectivity index (χ2v) is 7.22. The second-order valence-electron chi connectivity index (χ2n) is 5.07. The summed E-state index contributed by atoms with van der Waals surface area (Å²) in [6.45, 7) is 2.52. The molecule has 0 aliphatic heterocycles. The third-order valence-electron chi connectivity index (χ3n) is 3.18. The van der Waals surface area contributed by atoms with Gasteiger partial charge in [0.1, 0.15) is 5.69 Å². The number of benzene rings is 1. The lowest BCUT2D eigenvalue weighted by atomic mass is 10.2. The summed E-state index contributed by atoms with van der Waals surface area (Å²) in [5, 5.41) is 5.76. The maximum absolute atomic E-state index is 12.3. The van der Waals surface area contributed by atoms with E-state index in [2.05, 4.69) is 20.6 Å². The largest absolute Gasteiger partial charge is 0.384 e. The van der Waals surface area contributed by atoms with Crippen molar-refractivity contribution < 1.29 is 13.2 Å². The number of nitrogens with zero attached hydrogens (tertiary/aromatic N) is 3. The molecule has 24 heavy (non-hydrogen) atoms. The van der Waals surface area contributed by atoms with E-state index < -0.39 is 15.9 Å². The molecule has 0 bridgehead atoms. The predicted octanol–water partition coefficient (Wildman–Crippen LogP) is 1.41. The van der Waals surface area contributed by atoms with Crippen LogP contribution in [-0.2, 0) is 10.0 Å².